The number of hydrogen-bond acceptors (Lipinski definition) is 4. The van der Waals surface area contributed by atoms with Crippen LogP contribution in [0.3, 0.4) is 0 Å². The van der Waals surface area contributed by atoms with E-state index in [2.05, 4.69) is 17.2 Å². The Kier molecular flexibility index (Phi) is 5.82. The molecule has 0 aliphatic carbocycles. The van der Waals surface area contributed by atoms with Gasteiger partial charge < -0.3 is 11.1 Å². The molecule has 1 saturated heterocycles. The summed E-state index contributed by atoms with van der Waals surface area (Å²) in [6.45, 7) is 5.76. The summed E-state index contributed by atoms with van der Waals surface area (Å²) in [5, 5.41) is 4.90. The monoisotopic (exact) mass is 344 g/mol. The number of aliphatic imine (C=N–C) groups is 1. The summed E-state index contributed by atoms with van der Waals surface area (Å²) < 4.78 is 26.8. The highest BCUT2D eigenvalue weighted by molar-refractivity contribution is 7.91. The Morgan fingerprint density at radius 3 is 3.05 bits per heavy atom. The minimum absolute atomic E-state index is 0.229. The Labute approximate surface area is 136 Å². The van der Waals surface area contributed by atoms with Crippen LogP contribution in [-0.4, -0.2) is 44.4 Å². The van der Waals surface area contributed by atoms with Gasteiger partial charge >= 0.3 is 0 Å². The van der Waals surface area contributed by atoms with Crippen molar-refractivity contribution in [3.8, 4) is 0 Å². The number of nitrogens with two attached hydrogens (primary N) is 1. The average molecular weight is 345 g/mol. The van der Waals surface area contributed by atoms with Gasteiger partial charge in [0.15, 0.2) is 5.96 Å². The fourth-order valence-electron chi connectivity index (χ4n) is 2.33. The smallest absolute Gasteiger partial charge is 0.252 e. The molecule has 1 aromatic rings. The minimum Gasteiger partial charge on any atom is -0.370 e. The van der Waals surface area contributed by atoms with Crippen molar-refractivity contribution in [3.05, 3.63) is 17.5 Å². The number of rotatable bonds is 6. The molecule has 8 heteroatoms. The van der Waals surface area contributed by atoms with Gasteiger partial charge in [-0.25, -0.2) is 8.42 Å². The molecule has 0 spiro atoms. The van der Waals surface area contributed by atoms with E-state index in [9.17, 15) is 8.42 Å². The van der Waals surface area contributed by atoms with Crippen LogP contribution in [0.15, 0.2) is 26.7 Å². The van der Waals surface area contributed by atoms with Crippen molar-refractivity contribution >= 4 is 27.3 Å². The van der Waals surface area contributed by atoms with Crippen LogP contribution in [0.4, 0.5) is 0 Å². The molecular weight excluding hydrogens is 320 g/mol. The molecule has 0 bridgehead atoms. The van der Waals surface area contributed by atoms with Crippen LogP contribution < -0.4 is 11.1 Å². The second kappa shape index (κ2) is 7.43. The van der Waals surface area contributed by atoms with Crippen molar-refractivity contribution in [3.63, 3.8) is 0 Å². The highest BCUT2D eigenvalue weighted by Gasteiger charge is 2.32. The normalized spacial score (nSPS) is 21.9. The van der Waals surface area contributed by atoms with Gasteiger partial charge in [0.05, 0.1) is 0 Å². The first-order valence-electron chi connectivity index (χ1n) is 7.53. The van der Waals surface area contributed by atoms with E-state index < -0.39 is 10.0 Å². The number of guanidine groups is 1. The standard InChI is InChI=1S/C14H24N4O2S2/c1-3-11(2)17-14(15)16-9-12-6-7-18(10-12)22(19,20)13-5-4-8-21-13/h4-5,8,11-12H,3,6-7,9-10H2,1-2H3,(H3,15,16,17). The molecule has 2 atom stereocenters. The third kappa shape index (κ3) is 4.21. The molecule has 3 N–H and O–H groups in total. The van der Waals surface area contributed by atoms with E-state index in [1.165, 1.54) is 11.3 Å². The fourth-order valence-corrected chi connectivity index (χ4v) is 5.01. The van der Waals surface area contributed by atoms with Gasteiger partial charge in [-0.3, -0.25) is 4.99 Å². The van der Waals surface area contributed by atoms with Gasteiger partial charge in [-0.05, 0) is 37.1 Å². The molecule has 2 rings (SSSR count). The largest absolute Gasteiger partial charge is 0.370 e. The third-order valence-electron chi connectivity index (χ3n) is 3.86. The minimum atomic E-state index is -3.33. The van der Waals surface area contributed by atoms with E-state index in [0.717, 1.165) is 12.8 Å². The van der Waals surface area contributed by atoms with Crippen LogP contribution in [0, 0.1) is 5.92 Å². The summed E-state index contributed by atoms with van der Waals surface area (Å²) in [7, 11) is -3.33. The van der Waals surface area contributed by atoms with Gasteiger partial charge in [0, 0.05) is 25.7 Å². The lowest BCUT2D eigenvalue weighted by Gasteiger charge is -2.15. The Morgan fingerprint density at radius 1 is 1.64 bits per heavy atom. The van der Waals surface area contributed by atoms with E-state index >= 15 is 0 Å². The second-order valence-electron chi connectivity index (χ2n) is 5.63. The fraction of sp³-hybridized carbons (Fsp3) is 0.643. The quantitative estimate of drug-likeness (QED) is 0.604. The summed E-state index contributed by atoms with van der Waals surface area (Å²) in [6, 6.07) is 3.71. The number of thiophene rings is 1. The van der Waals surface area contributed by atoms with Crippen molar-refractivity contribution in [2.75, 3.05) is 19.6 Å². The molecule has 1 fully saturated rings. The first-order valence-corrected chi connectivity index (χ1v) is 9.85. The lowest BCUT2D eigenvalue weighted by molar-refractivity contribution is 0.460. The van der Waals surface area contributed by atoms with Gasteiger partial charge in [-0.1, -0.05) is 13.0 Å². The maximum absolute atomic E-state index is 12.4. The predicted molar refractivity (Wildman–Crippen MR) is 90.6 cm³/mol. The molecule has 1 aromatic heterocycles. The lowest BCUT2D eigenvalue weighted by Crippen LogP contribution is -2.38. The molecular formula is C14H24N4O2S2. The Morgan fingerprint density at radius 2 is 2.41 bits per heavy atom. The van der Waals surface area contributed by atoms with Crippen LogP contribution in [0.1, 0.15) is 26.7 Å². The zero-order chi connectivity index (χ0) is 16.2. The second-order valence-corrected chi connectivity index (χ2v) is 8.74. The van der Waals surface area contributed by atoms with Crippen molar-refractivity contribution in [2.45, 2.75) is 36.9 Å². The van der Waals surface area contributed by atoms with Crippen molar-refractivity contribution in [2.24, 2.45) is 16.6 Å². The molecule has 2 heterocycles. The van der Waals surface area contributed by atoms with Gasteiger partial charge in [0.25, 0.3) is 10.0 Å². The SMILES string of the molecule is CCC(C)NC(N)=NCC1CCN(S(=O)(=O)c2cccs2)C1. The van der Waals surface area contributed by atoms with Crippen molar-refractivity contribution in [1.29, 1.82) is 0 Å². The summed E-state index contributed by atoms with van der Waals surface area (Å²) in [5.74, 6) is 0.668. The van der Waals surface area contributed by atoms with Crippen LogP contribution in [-0.2, 0) is 10.0 Å². The Hall–Kier alpha value is -1.12. The summed E-state index contributed by atoms with van der Waals surface area (Å²) in [6.07, 6.45) is 1.80. The van der Waals surface area contributed by atoms with E-state index in [1.54, 1.807) is 21.8 Å². The van der Waals surface area contributed by atoms with Crippen LogP contribution in [0.2, 0.25) is 0 Å². The summed E-state index contributed by atoms with van der Waals surface area (Å²) >= 11 is 1.26. The van der Waals surface area contributed by atoms with Gasteiger partial charge in [0.2, 0.25) is 0 Å². The predicted octanol–water partition coefficient (Wildman–Crippen LogP) is 1.46. The van der Waals surface area contributed by atoms with Crippen molar-refractivity contribution in [1.82, 2.24) is 9.62 Å². The van der Waals surface area contributed by atoms with Crippen molar-refractivity contribution < 1.29 is 8.42 Å². The van der Waals surface area contributed by atoms with E-state index in [1.807, 2.05) is 6.92 Å². The Bertz CT molecular complexity index is 598. The highest BCUT2D eigenvalue weighted by Crippen LogP contribution is 2.26. The summed E-state index contributed by atoms with van der Waals surface area (Å²) in [4.78, 5) is 4.34. The molecule has 22 heavy (non-hydrogen) atoms. The molecule has 0 radical (unpaired) electrons. The molecule has 6 nitrogen and oxygen atoms in total. The van der Waals surface area contributed by atoms with Gasteiger partial charge in [0.1, 0.15) is 4.21 Å². The number of sulfonamides is 1. The van der Waals surface area contributed by atoms with Gasteiger partial charge in [-0.15, -0.1) is 11.3 Å². The highest BCUT2D eigenvalue weighted by atomic mass is 32.2. The first-order chi connectivity index (χ1) is 10.4. The van der Waals surface area contributed by atoms with E-state index in [0.29, 0.717) is 35.8 Å². The maximum Gasteiger partial charge on any atom is 0.252 e. The first kappa shape index (κ1) is 17.2. The van der Waals surface area contributed by atoms with Crippen LogP contribution >= 0.6 is 11.3 Å². The molecule has 0 aromatic carbocycles. The topological polar surface area (TPSA) is 87.8 Å². The zero-order valence-corrected chi connectivity index (χ0v) is 14.7. The average Bonchev–Trinajstić information content (AvgIpc) is 3.16. The molecule has 0 saturated carbocycles. The number of nitrogens with one attached hydrogen (secondary N) is 1. The molecule has 1 aliphatic rings. The molecule has 2 unspecified atom stereocenters. The van der Waals surface area contributed by atoms with E-state index in [-0.39, 0.29) is 5.92 Å². The van der Waals surface area contributed by atoms with Crippen LogP contribution in [0.25, 0.3) is 0 Å². The third-order valence-corrected chi connectivity index (χ3v) is 7.10. The lowest BCUT2D eigenvalue weighted by atomic mass is 10.1. The molecule has 124 valence electrons. The number of hydrogen-bond donors (Lipinski definition) is 2. The Balaban J connectivity index is 1.89. The summed E-state index contributed by atoms with van der Waals surface area (Å²) in [5.41, 5.74) is 5.83. The van der Waals surface area contributed by atoms with Gasteiger partial charge in [-0.2, -0.15) is 4.31 Å². The molecule has 0 amide bonds. The maximum atomic E-state index is 12.4. The van der Waals surface area contributed by atoms with Crippen LogP contribution in [0.5, 0.6) is 0 Å². The zero-order valence-electron chi connectivity index (χ0n) is 13.0. The number of nitrogens with zero attached hydrogens (tertiary/aromatic N) is 2. The molecule has 1 aliphatic heterocycles. The van der Waals surface area contributed by atoms with E-state index in [4.69, 9.17) is 5.73 Å².